The molecular weight excluding hydrogens is 374 g/mol. The summed E-state index contributed by atoms with van der Waals surface area (Å²) in [5.74, 6) is 0.0337. The van der Waals surface area contributed by atoms with Gasteiger partial charge in [0.25, 0.3) is 0 Å². The summed E-state index contributed by atoms with van der Waals surface area (Å²) in [5, 5.41) is 16.4. The van der Waals surface area contributed by atoms with Gasteiger partial charge in [-0.3, -0.25) is 14.4 Å². The highest BCUT2D eigenvalue weighted by atomic mass is 16.3. The lowest BCUT2D eigenvalue weighted by Gasteiger charge is -2.21. The van der Waals surface area contributed by atoms with Gasteiger partial charge in [0.15, 0.2) is 5.78 Å². The Kier molecular flexibility index (Phi) is 4.69. The highest BCUT2D eigenvalue weighted by molar-refractivity contribution is 6.25. The predicted octanol–water partition coefficient (Wildman–Crippen LogP) is 3.74. The molecule has 150 valence electrons. The second kappa shape index (κ2) is 7.52. The summed E-state index contributed by atoms with van der Waals surface area (Å²) in [6.45, 7) is 1.67. The number of likely N-dealkylation sites (N-methyl/N-ethyl adjacent to an activating group) is 1. The fourth-order valence-electron chi connectivity index (χ4n) is 4.36. The van der Waals surface area contributed by atoms with Crippen LogP contribution in [-0.4, -0.2) is 45.3 Å². The van der Waals surface area contributed by atoms with E-state index in [9.17, 15) is 9.90 Å². The molecule has 4 aromatic rings. The molecule has 0 bridgehead atoms. The van der Waals surface area contributed by atoms with Crippen LogP contribution in [0.4, 0.5) is 0 Å². The van der Waals surface area contributed by atoms with E-state index in [0.717, 1.165) is 28.7 Å². The molecule has 30 heavy (non-hydrogen) atoms. The van der Waals surface area contributed by atoms with Crippen molar-refractivity contribution in [2.75, 3.05) is 13.6 Å². The van der Waals surface area contributed by atoms with Gasteiger partial charge in [0, 0.05) is 35.2 Å². The molecule has 1 atom stereocenters. The average molecular weight is 397 g/mol. The minimum atomic E-state index is -0.579. The lowest BCUT2D eigenvalue weighted by molar-refractivity contribution is 0.103. The van der Waals surface area contributed by atoms with E-state index < -0.39 is 6.10 Å². The van der Waals surface area contributed by atoms with Gasteiger partial charge in [-0.25, -0.2) is 0 Å². The van der Waals surface area contributed by atoms with Gasteiger partial charge < -0.3 is 5.11 Å². The highest BCUT2D eigenvalue weighted by Crippen LogP contribution is 2.38. The normalized spacial score (nSPS) is 13.6. The topological polar surface area (TPSA) is 58.4 Å². The number of ketones is 1. The number of benzene rings is 3. The number of carbonyl (C=O) groups is 1. The van der Waals surface area contributed by atoms with Gasteiger partial charge in [-0.2, -0.15) is 5.10 Å². The van der Waals surface area contributed by atoms with Gasteiger partial charge in [0.2, 0.25) is 0 Å². The Morgan fingerprint density at radius 2 is 1.63 bits per heavy atom. The van der Waals surface area contributed by atoms with Crippen LogP contribution in [0.1, 0.15) is 21.5 Å². The van der Waals surface area contributed by atoms with E-state index in [2.05, 4.69) is 17.0 Å². The van der Waals surface area contributed by atoms with E-state index in [1.807, 2.05) is 72.4 Å². The summed E-state index contributed by atoms with van der Waals surface area (Å²) in [6, 6.07) is 23.5. The van der Waals surface area contributed by atoms with Gasteiger partial charge in [0.05, 0.1) is 18.2 Å². The Hall–Kier alpha value is -3.28. The van der Waals surface area contributed by atoms with E-state index >= 15 is 0 Å². The van der Waals surface area contributed by atoms with Crippen LogP contribution in [0.2, 0.25) is 0 Å². The van der Waals surface area contributed by atoms with Crippen LogP contribution >= 0.6 is 0 Å². The van der Waals surface area contributed by atoms with Crippen LogP contribution in [0.15, 0.2) is 72.8 Å². The second-order valence-corrected chi connectivity index (χ2v) is 7.94. The first kappa shape index (κ1) is 18.7. The van der Waals surface area contributed by atoms with Crippen molar-refractivity contribution in [1.29, 1.82) is 0 Å². The first-order valence-electron chi connectivity index (χ1n) is 10.2. The number of rotatable bonds is 6. The molecule has 1 aliphatic carbocycles. The van der Waals surface area contributed by atoms with Crippen molar-refractivity contribution in [1.82, 2.24) is 14.7 Å². The Bertz CT molecular complexity index is 1230. The highest BCUT2D eigenvalue weighted by Gasteiger charge is 2.28. The molecule has 0 spiro atoms. The maximum atomic E-state index is 13.0. The van der Waals surface area contributed by atoms with E-state index in [1.165, 1.54) is 5.56 Å². The zero-order chi connectivity index (χ0) is 20.7. The van der Waals surface area contributed by atoms with Crippen LogP contribution in [0, 0.1) is 0 Å². The Morgan fingerprint density at radius 1 is 0.933 bits per heavy atom. The lowest BCUT2D eigenvalue weighted by Crippen LogP contribution is -2.32. The minimum Gasteiger partial charge on any atom is -0.390 e. The molecule has 0 saturated carbocycles. The molecule has 5 nitrogen and oxygen atoms in total. The van der Waals surface area contributed by atoms with Crippen LogP contribution < -0.4 is 0 Å². The summed E-state index contributed by atoms with van der Waals surface area (Å²) in [4.78, 5) is 15.1. The number of nitrogens with zero attached hydrogens (tertiary/aromatic N) is 3. The van der Waals surface area contributed by atoms with Crippen LogP contribution in [0.5, 0.6) is 0 Å². The molecule has 5 heteroatoms. The molecular formula is C25H23N3O2. The summed E-state index contributed by atoms with van der Waals surface area (Å²) in [6.07, 6.45) is -0.579. The number of hydrogen-bond donors (Lipinski definition) is 1. The third-order valence-corrected chi connectivity index (χ3v) is 5.65. The monoisotopic (exact) mass is 397 g/mol. The fraction of sp³-hybridized carbons (Fsp3) is 0.200. The van der Waals surface area contributed by atoms with Crippen molar-refractivity contribution in [3.63, 3.8) is 0 Å². The third kappa shape index (κ3) is 3.22. The van der Waals surface area contributed by atoms with Crippen LogP contribution in [0.3, 0.4) is 0 Å². The largest absolute Gasteiger partial charge is 0.390 e. The van der Waals surface area contributed by atoms with Crippen molar-refractivity contribution in [3.05, 3.63) is 89.5 Å². The molecule has 0 fully saturated rings. The number of hydrogen-bond acceptors (Lipinski definition) is 4. The molecule has 5 rings (SSSR count). The number of fused-ring (bicyclic) bond motifs is 2. The van der Waals surface area contributed by atoms with Crippen molar-refractivity contribution < 1.29 is 9.90 Å². The first-order chi connectivity index (χ1) is 14.6. The van der Waals surface area contributed by atoms with E-state index in [1.54, 1.807) is 0 Å². The van der Waals surface area contributed by atoms with Gasteiger partial charge in [0.1, 0.15) is 5.69 Å². The van der Waals surface area contributed by atoms with Crippen molar-refractivity contribution in [2.45, 2.75) is 19.2 Å². The number of aliphatic hydroxyl groups is 1. The Labute approximate surface area is 175 Å². The van der Waals surface area contributed by atoms with Gasteiger partial charge >= 0.3 is 0 Å². The SMILES string of the molecule is CN(Cc1ccccc1)C[C@H](O)Cn1nc2c3c(cccc31)C(=O)c1ccccc1-2. The van der Waals surface area contributed by atoms with Crippen molar-refractivity contribution in [2.24, 2.45) is 0 Å². The van der Waals surface area contributed by atoms with E-state index in [0.29, 0.717) is 24.2 Å². The molecule has 0 radical (unpaired) electrons. The molecule has 0 aliphatic heterocycles. The fourth-order valence-corrected chi connectivity index (χ4v) is 4.36. The zero-order valence-corrected chi connectivity index (χ0v) is 16.8. The summed E-state index contributed by atoms with van der Waals surface area (Å²) < 4.78 is 1.84. The van der Waals surface area contributed by atoms with Crippen LogP contribution in [-0.2, 0) is 13.1 Å². The molecule has 1 aliphatic rings. The summed E-state index contributed by atoms with van der Waals surface area (Å²) in [5.41, 5.74) is 5.15. The Morgan fingerprint density at radius 3 is 2.43 bits per heavy atom. The quantitative estimate of drug-likeness (QED) is 0.474. The molecule has 1 N–H and O–H groups in total. The standard InChI is InChI=1S/C25H23N3O2/c1-27(14-17-8-3-2-4-9-17)15-18(29)16-28-22-13-7-12-21-23(22)24(26-28)19-10-5-6-11-20(19)25(21)30/h2-13,18,29H,14-16H2,1H3/t18-/m0/s1. The lowest BCUT2D eigenvalue weighted by atomic mass is 9.87. The Balaban J connectivity index is 1.42. The number of aromatic nitrogens is 2. The van der Waals surface area contributed by atoms with Gasteiger partial charge in [-0.15, -0.1) is 0 Å². The molecule has 3 aromatic carbocycles. The van der Waals surface area contributed by atoms with Gasteiger partial charge in [-0.1, -0.05) is 66.7 Å². The van der Waals surface area contributed by atoms with Gasteiger partial charge in [-0.05, 0) is 18.7 Å². The summed E-state index contributed by atoms with van der Waals surface area (Å²) >= 11 is 0. The zero-order valence-electron chi connectivity index (χ0n) is 16.8. The van der Waals surface area contributed by atoms with E-state index in [4.69, 9.17) is 5.10 Å². The molecule has 1 heterocycles. The minimum absolute atomic E-state index is 0.0337. The predicted molar refractivity (Wildman–Crippen MR) is 117 cm³/mol. The molecule has 0 amide bonds. The molecule has 0 saturated heterocycles. The molecule has 1 aromatic heterocycles. The maximum Gasteiger partial charge on any atom is 0.194 e. The smallest absolute Gasteiger partial charge is 0.194 e. The summed E-state index contributed by atoms with van der Waals surface area (Å²) in [7, 11) is 2.00. The number of aliphatic hydroxyl groups excluding tert-OH is 1. The van der Waals surface area contributed by atoms with Crippen molar-refractivity contribution >= 4 is 16.7 Å². The van der Waals surface area contributed by atoms with Crippen molar-refractivity contribution in [3.8, 4) is 11.3 Å². The first-order valence-corrected chi connectivity index (χ1v) is 10.2. The second-order valence-electron chi connectivity index (χ2n) is 7.94. The van der Waals surface area contributed by atoms with E-state index in [-0.39, 0.29) is 5.78 Å². The maximum absolute atomic E-state index is 13.0. The van der Waals surface area contributed by atoms with Crippen LogP contribution in [0.25, 0.3) is 22.2 Å². The number of carbonyl (C=O) groups excluding carboxylic acids is 1. The third-order valence-electron chi connectivity index (χ3n) is 5.65. The average Bonchev–Trinajstić information content (AvgIpc) is 3.12. The molecule has 0 unspecified atom stereocenters.